The molecule has 0 aliphatic rings. The van der Waals surface area contributed by atoms with Gasteiger partial charge in [0.25, 0.3) is 0 Å². The topological polar surface area (TPSA) is 70.6 Å². The van der Waals surface area contributed by atoms with Crippen molar-refractivity contribution in [2.45, 2.75) is 13.5 Å². The largest absolute Gasteiger partial charge is 0.506 e. The molecule has 0 aliphatic heterocycles. The summed E-state index contributed by atoms with van der Waals surface area (Å²) in [5, 5.41) is 15.1. The molecule has 0 saturated heterocycles. The predicted octanol–water partition coefficient (Wildman–Crippen LogP) is 3.03. The smallest absolute Gasteiger partial charge is 0.319 e. The Hall–Kier alpha value is -2.69. The fourth-order valence-electron chi connectivity index (χ4n) is 1.88. The number of hydrogen-bond acceptors (Lipinski definition) is 3. The van der Waals surface area contributed by atoms with Gasteiger partial charge in [-0.3, -0.25) is 0 Å². The molecule has 0 aliphatic carbocycles. The fraction of sp³-hybridized carbons (Fsp3) is 0.188. The summed E-state index contributed by atoms with van der Waals surface area (Å²) in [5.41, 5.74) is 2.23. The summed E-state index contributed by atoms with van der Waals surface area (Å²) in [5.74, 6) is 0.789. The Bertz CT molecular complexity index is 641. The molecule has 5 nitrogen and oxygen atoms in total. The number of amides is 2. The average Bonchev–Trinajstić information content (AvgIpc) is 2.48. The van der Waals surface area contributed by atoms with Crippen molar-refractivity contribution in [3.8, 4) is 11.5 Å². The van der Waals surface area contributed by atoms with Gasteiger partial charge in [-0.05, 0) is 42.3 Å². The summed E-state index contributed by atoms with van der Waals surface area (Å²) in [4.78, 5) is 11.8. The van der Waals surface area contributed by atoms with Crippen LogP contribution < -0.4 is 15.4 Å². The first-order valence-electron chi connectivity index (χ1n) is 6.56. The van der Waals surface area contributed by atoms with Crippen LogP contribution >= 0.6 is 0 Å². The third-order valence-electron chi connectivity index (χ3n) is 2.99. The quantitative estimate of drug-likeness (QED) is 0.757. The minimum absolute atomic E-state index is 0.0477. The van der Waals surface area contributed by atoms with Gasteiger partial charge in [0.1, 0.15) is 11.5 Å². The van der Waals surface area contributed by atoms with Crippen LogP contribution in [0, 0.1) is 6.92 Å². The Labute approximate surface area is 123 Å². The normalized spacial score (nSPS) is 10.0. The van der Waals surface area contributed by atoms with E-state index in [-0.39, 0.29) is 11.8 Å². The summed E-state index contributed by atoms with van der Waals surface area (Å²) in [6.45, 7) is 2.24. The maximum Gasteiger partial charge on any atom is 0.319 e. The molecule has 0 unspecified atom stereocenters. The van der Waals surface area contributed by atoms with Crippen LogP contribution in [0.4, 0.5) is 10.5 Å². The monoisotopic (exact) mass is 286 g/mol. The van der Waals surface area contributed by atoms with Crippen LogP contribution in [0.5, 0.6) is 11.5 Å². The molecule has 0 heterocycles. The number of methoxy groups -OCH3 is 1. The number of hydrogen-bond donors (Lipinski definition) is 3. The SMILES string of the molecule is COc1cccc(CNC(=O)Nc2ccc(C)cc2O)c1. The molecule has 110 valence electrons. The van der Waals surface area contributed by atoms with E-state index >= 15 is 0 Å². The van der Waals surface area contributed by atoms with Crippen LogP contribution in [0.3, 0.4) is 0 Å². The molecule has 0 radical (unpaired) electrons. The van der Waals surface area contributed by atoms with Gasteiger partial charge in [0, 0.05) is 6.54 Å². The third kappa shape index (κ3) is 4.14. The Kier molecular flexibility index (Phi) is 4.66. The van der Waals surface area contributed by atoms with Gasteiger partial charge < -0.3 is 20.5 Å². The van der Waals surface area contributed by atoms with Crippen LogP contribution in [-0.2, 0) is 6.54 Å². The zero-order valence-corrected chi connectivity index (χ0v) is 12.0. The number of carbonyl (C=O) groups is 1. The molecule has 2 aromatic carbocycles. The van der Waals surface area contributed by atoms with Crippen LogP contribution in [0.15, 0.2) is 42.5 Å². The zero-order chi connectivity index (χ0) is 15.2. The Morgan fingerprint density at radius 2 is 2.05 bits per heavy atom. The molecule has 0 aromatic heterocycles. The standard InChI is InChI=1S/C16H18N2O3/c1-11-6-7-14(15(19)8-11)18-16(20)17-10-12-4-3-5-13(9-12)21-2/h3-9,19H,10H2,1-2H3,(H2,17,18,20). The van der Waals surface area contributed by atoms with Gasteiger partial charge in [-0.1, -0.05) is 18.2 Å². The van der Waals surface area contributed by atoms with Gasteiger partial charge in [-0.15, -0.1) is 0 Å². The Balaban J connectivity index is 1.92. The van der Waals surface area contributed by atoms with Crippen LogP contribution in [-0.4, -0.2) is 18.2 Å². The minimum atomic E-state index is -0.378. The van der Waals surface area contributed by atoms with Gasteiger partial charge in [-0.2, -0.15) is 0 Å². The van der Waals surface area contributed by atoms with Crippen molar-refractivity contribution in [2.24, 2.45) is 0 Å². The Morgan fingerprint density at radius 1 is 1.24 bits per heavy atom. The minimum Gasteiger partial charge on any atom is -0.506 e. The lowest BCUT2D eigenvalue weighted by atomic mass is 10.2. The molecule has 2 aromatic rings. The van der Waals surface area contributed by atoms with Crippen molar-refractivity contribution in [2.75, 3.05) is 12.4 Å². The number of carbonyl (C=O) groups excluding carboxylic acids is 1. The molecule has 3 N–H and O–H groups in total. The highest BCUT2D eigenvalue weighted by molar-refractivity contribution is 5.90. The molecule has 0 fully saturated rings. The summed E-state index contributed by atoms with van der Waals surface area (Å²) in [7, 11) is 1.60. The number of anilines is 1. The van der Waals surface area contributed by atoms with Gasteiger partial charge >= 0.3 is 6.03 Å². The lowest BCUT2D eigenvalue weighted by molar-refractivity contribution is 0.251. The van der Waals surface area contributed by atoms with E-state index in [0.717, 1.165) is 16.9 Å². The van der Waals surface area contributed by atoms with Gasteiger partial charge in [0.15, 0.2) is 0 Å². The van der Waals surface area contributed by atoms with Gasteiger partial charge in [0.2, 0.25) is 0 Å². The fourth-order valence-corrected chi connectivity index (χ4v) is 1.88. The van der Waals surface area contributed by atoms with Crippen molar-refractivity contribution >= 4 is 11.7 Å². The molecule has 0 bridgehead atoms. The highest BCUT2D eigenvalue weighted by atomic mass is 16.5. The maximum atomic E-state index is 11.8. The van der Waals surface area contributed by atoms with Crippen molar-refractivity contribution in [3.05, 3.63) is 53.6 Å². The van der Waals surface area contributed by atoms with Crippen LogP contribution in [0.1, 0.15) is 11.1 Å². The van der Waals surface area contributed by atoms with Gasteiger partial charge in [-0.25, -0.2) is 4.79 Å². The first-order valence-corrected chi connectivity index (χ1v) is 6.56. The molecule has 2 rings (SSSR count). The van der Waals surface area contributed by atoms with Crippen molar-refractivity contribution < 1.29 is 14.6 Å². The summed E-state index contributed by atoms with van der Waals surface area (Å²) < 4.78 is 5.12. The number of aryl methyl sites for hydroxylation is 1. The van der Waals surface area contributed by atoms with Gasteiger partial charge in [0.05, 0.1) is 12.8 Å². The number of rotatable bonds is 4. The number of nitrogens with one attached hydrogen (secondary N) is 2. The molecule has 5 heteroatoms. The number of ether oxygens (including phenoxy) is 1. The zero-order valence-electron chi connectivity index (χ0n) is 12.0. The molecule has 0 atom stereocenters. The summed E-state index contributed by atoms with van der Waals surface area (Å²) >= 11 is 0. The average molecular weight is 286 g/mol. The first-order chi connectivity index (χ1) is 10.1. The highest BCUT2D eigenvalue weighted by Crippen LogP contribution is 2.23. The first kappa shape index (κ1) is 14.7. The number of phenolic OH excluding ortho intramolecular Hbond substituents is 1. The maximum absolute atomic E-state index is 11.8. The van der Waals surface area contributed by atoms with E-state index in [4.69, 9.17) is 4.74 Å². The second-order valence-corrected chi connectivity index (χ2v) is 4.68. The molecule has 21 heavy (non-hydrogen) atoms. The second-order valence-electron chi connectivity index (χ2n) is 4.68. The Morgan fingerprint density at radius 3 is 2.76 bits per heavy atom. The van der Waals surface area contributed by atoms with E-state index in [1.807, 2.05) is 37.3 Å². The van der Waals surface area contributed by atoms with E-state index < -0.39 is 0 Å². The number of benzene rings is 2. The molecule has 0 spiro atoms. The second kappa shape index (κ2) is 6.65. The van der Waals surface area contributed by atoms with E-state index in [0.29, 0.717) is 12.2 Å². The number of aromatic hydroxyl groups is 1. The molecular formula is C16H18N2O3. The lowest BCUT2D eigenvalue weighted by Gasteiger charge is -2.10. The molecular weight excluding hydrogens is 268 g/mol. The molecule has 2 amide bonds. The number of phenols is 1. The predicted molar refractivity (Wildman–Crippen MR) is 81.7 cm³/mol. The van der Waals surface area contributed by atoms with E-state index in [1.54, 1.807) is 19.2 Å². The van der Waals surface area contributed by atoms with E-state index in [9.17, 15) is 9.90 Å². The van der Waals surface area contributed by atoms with Crippen LogP contribution in [0.25, 0.3) is 0 Å². The van der Waals surface area contributed by atoms with E-state index in [2.05, 4.69) is 10.6 Å². The van der Waals surface area contributed by atoms with Crippen molar-refractivity contribution in [3.63, 3.8) is 0 Å². The van der Waals surface area contributed by atoms with Crippen molar-refractivity contribution in [1.82, 2.24) is 5.32 Å². The van der Waals surface area contributed by atoms with Crippen LogP contribution in [0.2, 0.25) is 0 Å². The van der Waals surface area contributed by atoms with E-state index in [1.165, 1.54) is 0 Å². The highest BCUT2D eigenvalue weighted by Gasteiger charge is 2.06. The van der Waals surface area contributed by atoms with Crippen molar-refractivity contribution in [1.29, 1.82) is 0 Å². The number of urea groups is 1. The lowest BCUT2D eigenvalue weighted by Crippen LogP contribution is -2.28. The molecule has 0 saturated carbocycles. The summed E-state index contributed by atoms with van der Waals surface area (Å²) in [6, 6.07) is 12.1. The third-order valence-corrected chi connectivity index (χ3v) is 2.99. The summed E-state index contributed by atoms with van der Waals surface area (Å²) in [6.07, 6.45) is 0.